The Balaban J connectivity index is 2.32. The molecule has 1 N–H and O–H groups in total. The largest absolute Gasteiger partial charge is 0.497 e. The number of carbonyl (C=O) groups is 1. The summed E-state index contributed by atoms with van der Waals surface area (Å²) < 4.78 is 10.6. The Morgan fingerprint density at radius 2 is 1.94 bits per heavy atom. The molecule has 0 radical (unpaired) electrons. The van der Waals surface area contributed by atoms with Gasteiger partial charge in [-0.05, 0) is 12.1 Å². The van der Waals surface area contributed by atoms with E-state index in [0.29, 0.717) is 13.2 Å². The summed E-state index contributed by atoms with van der Waals surface area (Å²) in [5.74, 6) is 1.52. The third kappa shape index (κ3) is 4.65. The fraction of sp³-hybridized carbons (Fsp3) is 0.500. The lowest BCUT2D eigenvalue weighted by molar-refractivity contribution is -0.128. The predicted molar refractivity (Wildman–Crippen MR) is 71.0 cm³/mol. The molecular weight excluding hydrogens is 230 g/mol. The van der Waals surface area contributed by atoms with Crippen molar-refractivity contribution < 1.29 is 14.3 Å². The topological polar surface area (TPSA) is 47.6 Å². The van der Waals surface area contributed by atoms with Crippen molar-refractivity contribution >= 4 is 5.91 Å². The van der Waals surface area contributed by atoms with E-state index in [-0.39, 0.29) is 11.3 Å². The molecule has 18 heavy (non-hydrogen) atoms. The first-order valence-electron chi connectivity index (χ1n) is 5.98. The van der Waals surface area contributed by atoms with E-state index in [4.69, 9.17) is 9.47 Å². The molecular formula is C14H21NO3. The molecule has 0 bridgehead atoms. The number of carbonyl (C=O) groups excluding carboxylic acids is 1. The molecule has 0 heterocycles. The number of nitrogens with one attached hydrogen (secondary N) is 1. The van der Waals surface area contributed by atoms with Crippen LogP contribution in [0.1, 0.15) is 20.8 Å². The Kier molecular flexibility index (Phi) is 5.01. The zero-order valence-electron chi connectivity index (χ0n) is 11.4. The molecule has 0 unspecified atom stereocenters. The summed E-state index contributed by atoms with van der Waals surface area (Å²) in [6, 6.07) is 7.38. The van der Waals surface area contributed by atoms with Gasteiger partial charge in [0, 0.05) is 11.5 Å². The zero-order valence-corrected chi connectivity index (χ0v) is 11.4. The summed E-state index contributed by atoms with van der Waals surface area (Å²) in [6.07, 6.45) is 0. The van der Waals surface area contributed by atoms with E-state index in [2.05, 4.69) is 5.32 Å². The smallest absolute Gasteiger partial charge is 0.225 e. The second-order valence-electron chi connectivity index (χ2n) is 5.03. The molecule has 1 aromatic rings. The Morgan fingerprint density at radius 3 is 2.56 bits per heavy atom. The fourth-order valence-electron chi connectivity index (χ4n) is 1.29. The van der Waals surface area contributed by atoms with Gasteiger partial charge in [0.2, 0.25) is 5.91 Å². The van der Waals surface area contributed by atoms with Gasteiger partial charge in [-0.25, -0.2) is 0 Å². The maximum atomic E-state index is 11.6. The molecule has 0 saturated heterocycles. The number of benzene rings is 1. The average molecular weight is 251 g/mol. The predicted octanol–water partition coefficient (Wildman–Crippen LogP) is 2.24. The summed E-state index contributed by atoms with van der Waals surface area (Å²) >= 11 is 0. The van der Waals surface area contributed by atoms with Crippen LogP contribution in [-0.2, 0) is 4.79 Å². The van der Waals surface area contributed by atoms with Crippen LogP contribution < -0.4 is 14.8 Å². The lowest BCUT2D eigenvalue weighted by Gasteiger charge is -2.17. The Hall–Kier alpha value is -1.71. The SMILES string of the molecule is COc1cccc(OCCNC(=O)C(C)(C)C)c1. The molecule has 0 aliphatic carbocycles. The minimum Gasteiger partial charge on any atom is -0.497 e. The molecule has 0 atom stereocenters. The highest BCUT2D eigenvalue weighted by Crippen LogP contribution is 2.18. The van der Waals surface area contributed by atoms with Gasteiger partial charge in [-0.3, -0.25) is 4.79 Å². The Bertz CT molecular complexity index is 396. The Labute approximate surface area is 108 Å². The monoisotopic (exact) mass is 251 g/mol. The quantitative estimate of drug-likeness (QED) is 0.816. The molecule has 0 spiro atoms. The molecule has 0 saturated carbocycles. The fourth-order valence-corrected chi connectivity index (χ4v) is 1.29. The number of hydrogen-bond acceptors (Lipinski definition) is 3. The van der Waals surface area contributed by atoms with Crippen LogP contribution in [0.3, 0.4) is 0 Å². The van der Waals surface area contributed by atoms with E-state index in [0.717, 1.165) is 11.5 Å². The van der Waals surface area contributed by atoms with Gasteiger partial charge >= 0.3 is 0 Å². The van der Waals surface area contributed by atoms with Crippen molar-refractivity contribution in [3.05, 3.63) is 24.3 Å². The number of amides is 1. The second-order valence-corrected chi connectivity index (χ2v) is 5.03. The molecule has 0 aliphatic rings. The first-order valence-corrected chi connectivity index (χ1v) is 5.98. The van der Waals surface area contributed by atoms with Crippen LogP contribution in [0.2, 0.25) is 0 Å². The maximum absolute atomic E-state index is 11.6. The molecule has 0 aliphatic heterocycles. The van der Waals surface area contributed by atoms with Gasteiger partial charge < -0.3 is 14.8 Å². The van der Waals surface area contributed by atoms with Crippen molar-refractivity contribution in [2.45, 2.75) is 20.8 Å². The lowest BCUT2D eigenvalue weighted by Crippen LogP contribution is -2.37. The number of ether oxygens (including phenoxy) is 2. The highest BCUT2D eigenvalue weighted by atomic mass is 16.5. The Morgan fingerprint density at radius 1 is 1.28 bits per heavy atom. The van der Waals surface area contributed by atoms with Crippen LogP contribution >= 0.6 is 0 Å². The molecule has 1 aromatic carbocycles. The molecule has 4 heteroatoms. The minimum atomic E-state index is -0.365. The number of methoxy groups -OCH3 is 1. The van der Waals surface area contributed by atoms with Crippen molar-refractivity contribution in [3.63, 3.8) is 0 Å². The van der Waals surface area contributed by atoms with Crippen molar-refractivity contribution in [1.82, 2.24) is 5.32 Å². The summed E-state index contributed by atoms with van der Waals surface area (Å²) in [4.78, 5) is 11.6. The van der Waals surface area contributed by atoms with Gasteiger partial charge in [-0.2, -0.15) is 0 Å². The molecule has 100 valence electrons. The van der Waals surface area contributed by atoms with Gasteiger partial charge in [0.1, 0.15) is 18.1 Å². The lowest BCUT2D eigenvalue weighted by atomic mass is 9.96. The van der Waals surface area contributed by atoms with Crippen LogP contribution in [0, 0.1) is 5.41 Å². The maximum Gasteiger partial charge on any atom is 0.225 e. The second kappa shape index (κ2) is 6.28. The van der Waals surface area contributed by atoms with E-state index in [1.807, 2.05) is 45.0 Å². The van der Waals surface area contributed by atoms with Crippen molar-refractivity contribution in [3.8, 4) is 11.5 Å². The van der Waals surface area contributed by atoms with E-state index in [1.165, 1.54) is 0 Å². The highest BCUT2D eigenvalue weighted by Gasteiger charge is 2.20. The van der Waals surface area contributed by atoms with E-state index in [9.17, 15) is 4.79 Å². The molecule has 0 fully saturated rings. The number of hydrogen-bond donors (Lipinski definition) is 1. The zero-order chi connectivity index (χ0) is 13.6. The minimum absolute atomic E-state index is 0.0248. The van der Waals surface area contributed by atoms with Crippen LogP contribution in [0.5, 0.6) is 11.5 Å². The first kappa shape index (κ1) is 14.4. The van der Waals surface area contributed by atoms with Crippen molar-refractivity contribution in [2.75, 3.05) is 20.3 Å². The highest BCUT2D eigenvalue weighted by molar-refractivity contribution is 5.81. The van der Waals surface area contributed by atoms with Crippen LogP contribution in [0.25, 0.3) is 0 Å². The summed E-state index contributed by atoms with van der Waals surface area (Å²) in [7, 11) is 1.61. The summed E-state index contributed by atoms with van der Waals surface area (Å²) in [6.45, 7) is 6.57. The van der Waals surface area contributed by atoms with Crippen molar-refractivity contribution in [2.24, 2.45) is 5.41 Å². The standard InChI is InChI=1S/C14H21NO3/c1-14(2,3)13(16)15-8-9-18-12-7-5-6-11(10-12)17-4/h5-7,10H,8-9H2,1-4H3,(H,15,16). The van der Waals surface area contributed by atoms with Crippen molar-refractivity contribution in [1.29, 1.82) is 0 Å². The van der Waals surface area contributed by atoms with E-state index >= 15 is 0 Å². The molecule has 1 rings (SSSR count). The summed E-state index contributed by atoms with van der Waals surface area (Å²) in [5, 5.41) is 2.83. The van der Waals surface area contributed by atoms with E-state index in [1.54, 1.807) is 7.11 Å². The van der Waals surface area contributed by atoms with Gasteiger partial charge in [0.25, 0.3) is 0 Å². The number of rotatable bonds is 5. The van der Waals surface area contributed by atoms with Gasteiger partial charge in [0.15, 0.2) is 0 Å². The average Bonchev–Trinajstić information content (AvgIpc) is 2.33. The van der Waals surface area contributed by atoms with Gasteiger partial charge in [0.05, 0.1) is 13.7 Å². The molecule has 0 aromatic heterocycles. The molecule has 4 nitrogen and oxygen atoms in total. The summed E-state index contributed by atoms with van der Waals surface area (Å²) in [5.41, 5.74) is -0.365. The van der Waals surface area contributed by atoms with Gasteiger partial charge in [-0.1, -0.05) is 26.8 Å². The normalized spacial score (nSPS) is 10.9. The van der Waals surface area contributed by atoms with Crippen LogP contribution in [0.4, 0.5) is 0 Å². The third-order valence-electron chi connectivity index (χ3n) is 2.38. The van der Waals surface area contributed by atoms with Gasteiger partial charge in [-0.15, -0.1) is 0 Å². The first-order chi connectivity index (χ1) is 8.43. The third-order valence-corrected chi connectivity index (χ3v) is 2.38. The van der Waals surface area contributed by atoms with E-state index < -0.39 is 0 Å². The molecule has 1 amide bonds. The van der Waals surface area contributed by atoms with Crippen LogP contribution in [-0.4, -0.2) is 26.2 Å². The van der Waals surface area contributed by atoms with Crippen LogP contribution in [0.15, 0.2) is 24.3 Å².